The van der Waals surface area contributed by atoms with Gasteiger partial charge in [0, 0.05) is 20.6 Å². The highest BCUT2D eigenvalue weighted by Crippen LogP contribution is 2.45. The first-order valence-corrected chi connectivity index (χ1v) is 6.00. The molecule has 0 aliphatic heterocycles. The minimum atomic E-state index is 0. The number of guanidine groups is 1. The standard InChI is InChI=1S/C12H25N3.HI/c1-10(2)8-12(6-5-7-12)9-15-11(13-3)14-4;/h10H,5-9H2,1-4H3,(H2,13,14,15);1H. The molecule has 1 aliphatic carbocycles. The molecule has 96 valence electrons. The normalized spacial score (nSPS) is 18.7. The van der Waals surface area contributed by atoms with E-state index in [1.54, 1.807) is 0 Å². The molecule has 4 heteroatoms. The predicted molar refractivity (Wildman–Crippen MR) is 81.6 cm³/mol. The molecule has 16 heavy (non-hydrogen) atoms. The Hall–Kier alpha value is 0. The summed E-state index contributed by atoms with van der Waals surface area (Å²) in [7, 11) is 3.72. The topological polar surface area (TPSA) is 36.4 Å². The molecule has 0 aromatic rings. The lowest BCUT2D eigenvalue weighted by Crippen LogP contribution is -2.46. The van der Waals surface area contributed by atoms with Crippen LogP contribution in [0.1, 0.15) is 39.5 Å². The van der Waals surface area contributed by atoms with E-state index in [1.807, 2.05) is 14.1 Å². The summed E-state index contributed by atoms with van der Waals surface area (Å²) in [5.74, 6) is 1.70. The predicted octanol–water partition coefficient (Wildman–Crippen LogP) is 2.62. The van der Waals surface area contributed by atoms with Gasteiger partial charge in [0.05, 0.1) is 0 Å². The van der Waals surface area contributed by atoms with Crippen molar-refractivity contribution < 1.29 is 0 Å². The van der Waals surface area contributed by atoms with Crippen LogP contribution >= 0.6 is 24.0 Å². The van der Waals surface area contributed by atoms with Gasteiger partial charge in [-0.05, 0) is 30.6 Å². The van der Waals surface area contributed by atoms with E-state index in [2.05, 4.69) is 29.5 Å². The Kier molecular flexibility index (Phi) is 7.35. The van der Waals surface area contributed by atoms with Crippen LogP contribution in [-0.2, 0) is 0 Å². The van der Waals surface area contributed by atoms with Crippen LogP contribution in [-0.4, -0.2) is 26.6 Å². The maximum absolute atomic E-state index is 4.14. The van der Waals surface area contributed by atoms with Gasteiger partial charge in [0.2, 0.25) is 0 Å². The van der Waals surface area contributed by atoms with Crippen LogP contribution in [0.2, 0.25) is 0 Å². The molecule has 2 N–H and O–H groups in total. The number of halogens is 1. The Bertz CT molecular complexity index is 222. The Balaban J connectivity index is 0.00000225. The van der Waals surface area contributed by atoms with Crippen LogP contribution in [0.4, 0.5) is 0 Å². The second-order valence-corrected chi connectivity index (χ2v) is 5.13. The van der Waals surface area contributed by atoms with E-state index in [9.17, 15) is 0 Å². The molecule has 0 atom stereocenters. The molecule has 0 bridgehead atoms. The van der Waals surface area contributed by atoms with Gasteiger partial charge in [-0.2, -0.15) is 0 Å². The number of hydrogen-bond donors (Lipinski definition) is 2. The van der Waals surface area contributed by atoms with E-state index in [-0.39, 0.29) is 24.0 Å². The highest BCUT2D eigenvalue weighted by atomic mass is 127. The summed E-state index contributed by atoms with van der Waals surface area (Å²) in [5.41, 5.74) is 0.543. The summed E-state index contributed by atoms with van der Waals surface area (Å²) in [4.78, 5) is 4.14. The van der Waals surface area contributed by atoms with E-state index in [0.29, 0.717) is 5.41 Å². The van der Waals surface area contributed by atoms with Crippen LogP contribution in [0.15, 0.2) is 4.99 Å². The monoisotopic (exact) mass is 339 g/mol. The molecule has 1 aliphatic rings. The van der Waals surface area contributed by atoms with Gasteiger partial charge < -0.3 is 10.6 Å². The maximum atomic E-state index is 4.14. The number of nitrogens with zero attached hydrogens (tertiary/aromatic N) is 1. The molecule has 0 heterocycles. The fourth-order valence-corrected chi connectivity index (χ4v) is 2.55. The lowest BCUT2D eigenvalue weighted by molar-refractivity contribution is 0.105. The SMILES string of the molecule is CN=C(NC)NCC1(CC(C)C)CCC1.I. The highest BCUT2D eigenvalue weighted by molar-refractivity contribution is 14.0. The average Bonchev–Trinajstić information content (AvgIpc) is 2.14. The van der Waals surface area contributed by atoms with Gasteiger partial charge >= 0.3 is 0 Å². The third-order valence-electron chi connectivity index (χ3n) is 3.35. The van der Waals surface area contributed by atoms with Crippen molar-refractivity contribution in [3.8, 4) is 0 Å². The molecule has 0 aromatic carbocycles. The number of aliphatic imine (C=N–C) groups is 1. The Morgan fingerprint density at radius 3 is 2.31 bits per heavy atom. The Labute approximate surface area is 117 Å². The van der Waals surface area contributed by atoms with Crippen molar-refractivity contribution >= 4 is 29.9 Å². The number of rotatable bonds is 4. The summed E-state index contributed by atoms with van der Waals surface area (Å²) >= 11 is 0. The van der Waals surface area contributed by atoms with E-state index < -0.39 is 0 Å². The third-order valence-corrected chi connectivity index (χ3v) is 3.35. The van der Waals surface area contributed by atoms with E-state index in [1.165, 1.54) is 25.7 Å². The van der Waals surface area contributed by atoms with Crippen molar-refractivity contribution in [2.75, 3.05) is 20.6 Å². The van der Waals surface area contributed by atoms with Gasteiger partial charge in [-0.3, -0.25) is 4.99 Å². The first kappa shape index (κ1) is 16.0. The zero-order chi connectivity index (χ0) is 11.3. The molecule has 1 saturated carbocycles. The van der Waals surface area contributed by atoms with E-state index >= 15 is 0 Å². The van der Waals surface area contributed by atoms with Crippen molar-refractivity contribution in [3.63, 3.8) is 0 Å². The van der Waals surface area contributed by atoms with Crippen LogP contribution < -0.4 is 10.6 Å². The Morgan fingerprint density at radius 1 is 1.38 bits per heavy atom. The average molecular weight is 339 g/mol. The van der Waals surface area contributed by atoms with Crippen LogP contribution in [0.3, 0.4) is 0 Å². The van der Waals surface area contributed by atoms with Crippen LogP contribution in [0, 0.1) is 11.3 Å². The molecule has 0 radical (unpaired) electrons. The summed E-state index contributed by atoms with van der Waals surface area (Å²) in [6.07, 6.45) is 5.48. The van der Waals surface area contributed by atoms with Gasteiger partial charge in [-0.1, -0.05) is 20.3 Å². The largest absolute Gasteiger partial charge is 0.359 e. The fraction of sp³-hybridized carbons (Fsp3) is 0.917. The van der Waals surface area contributed by atoms with Crippen molar-refractivity contribution in [2.45, 2.75) is 39.5 Å². The van der Waals surface area contributed by atoms with Gasteiger partial charge in [-0.25, -0.2) is 0 Å². The van der Waals surface area contributed by atoms with Crippen molar-refractivity contribution in [1.82, 2.24) is 10.6 Å². The fourth-order valence-electron chi connectivity index (χ4n) is 2.55. The van der Waals surface area contributed by atoms with E-state index in [4.69, 9.17) is 0 Å². The molecule has 0 saturated heterocycles. The summed E-state index contributed by atoms with van der Waals surface area (Å²) in [5, 5.41) is 6.47. The summed E-state index contributed by atoms with van der Waals surface area (Å²) in [6, 6.07) is 0. The van der Waals surface area contributed by atoms with Crippen molar-refractivity contribution in [3.05, 3.63) is 0 Å². The van der Waals surface area contributed by atoms with E-state index in [0.717, 1.165) is 18.4 Å². The number of hydrogen-bond acceptors (Lipinski definition) is 1. The quantitative estimate of drug-likeness (QED) is 0.469. The third kappa shape index (κ3) is 4.47. The molecule has 1 fully saturated rings. The summed E-state index contributed by atoms with van der Waals surface area (Å²) in [6.45, 7) is 5.69. The zero-order valence-corrected chi connectivity index (χ0v) is 13.3. The van der Waals surface area contributed by atoms with Gasteiger partial charge in [0.25, 0.3) is 0 Å². The molecule has 0 spiro atoms. The molecule has 0 amide bonds. The second kappa shape index (κ2) is 7.35. The molecule has 1 rings (SSSR count). The smallest absolute Gasteiger partial charge is 0.190 e. The molecule has 0 unspecified atom stereocenters. The molecule has 3 nitrogen and oxygen atoms in total. The van der Waals surface area contributed by atoms with Gasteiger partial charge in [0.1, 0.15) is 0 Å². The van der Waals surface area contributed by atoms with Gasteiger partial charge in [-0.15, -0.1) is 24.0 Å². The van der Waals surface area contributed by atoms with Crippen LogP contribution in [0.5, 0.6) is 0 Å². The van der Waals surface area contributed by atoms with Crippen molar-refractivity contribution in [1.29, 1.82) is 0 Å². The van der Waals surface area contributed by atoms with Gasteiger partial charge in [0.15, 0.2) is 5.96 Å². The Morgan fingerprint density at radius 2 is 2.00 bits per heavy atom. The second-order valence-electron chi connectivity index (χ2n) is 5.13. The summed E-state index contributed by atoms with van der Waals surface area (Å²) < 4.78 is 0. The minimum absolute atomic E-state index is 0. The van der Waals surface area contributed by atoms with Crippen molar-refractivity contribution in [2.24, 2.45) is 16.3 Å². The number of nitrogens with one attached hydrogen (secondary N) is 2. The zero-order valence-electron chi connectivity index (χ0n) is 11.0. The first-order chi connectivity index (χ1) is 7.12. The van der Waals surface area contributed by atoms with Crippen LogP contribution in [0.25, 0.3) is 0 Å². The maximum Gasteiger partial charge on any atom is 0.190 e. The minimum Gasteiger partial charge on any atom is -0.359 e. The first-order valence-electron chi connectivity index (χ1n) is 6.00. The molecular formula is C12H26IN3. The highest BCUT2D eigenvalue weighted by Gasteiger charge is 2.37. The lowest BCUT2D eigenvalue weighted by atomic mass is 9.64. The lowest BCUT2D eigenvalue weighted by Gasteiger charge is -2.43. The molecule has 0 aromatic heterocycles. The molecular weight excluding hydrogens is 313 g/mol.